The van der Waals surface area contributed by atoms with Crippen LogP contribution < -0.4 is 23.7 Å². The molecule has 8 rings (SSSR count). The van der Waals surface area contributed by atoms with Crippen molar-refractivity contribution < 1.29 is 55.6 Å². The number of benzene rings is 3. The number of nitrogens with zero attached hydrogens (tertiary/aromatic N) is 2. The Morgan fingerprint density at radius 1 is 0.966 bits per heavy atom. The summed E-state index contributed by atoms with van der Waals surface area (Å²) >= 11 is 13.1. The highest BCUT2D eigenvalue weighted by atomic mass is 35.5. The third-order valence-corrected chi connectivity index (χ3v) is 13.1. The molecule has 4 heterocycles. The molecule has 13 nitrogen and oxygen atoms in total. The Bertz CT molecular complexity index is 2290. The molecule has 18 heteroatoms. The molecule has 1 aromatic heterocycles. The number of hydrogen-bond donors (Lipinski definition) is 2. The number of fused-ring (bicyclic) bond motifs is 3. The van der Waals surface area contributed by atoms with Crippen LogP contribution in [0.3, 0.4) is 0 Å². The van der Waals surface area contributed by atoms with E-state index in [0.29, 0.717) is 11.3 Å². The van der Waals surface area contributed by atoms with Crippen molar-refractivity contribution in [1.82, 2.24) is 9.62 Å². The number of pyridine rings is 1. The first-order valence-electron chi connectivity index (χ1n) is 18.9. The maximum absolute atomic E-state index is 15.1. The number of alkyl halides is 2. The number of piperidine rings is 3. The summed E-state index contributed by atoms with van der Waals surface area (Å²) in [5.41, 5.74) is -0.245. The van der Waals surface area contributed by atoms with E-state index in [1.807, 2.05) is 0 Å². The van der Waals surface area contributed by atoms with E-state index in [9.17, 15) is 28.7 Å². The second-order valence-electron chi connectivity index (χ2n) is 14.8. The predicted molar refractivity (Wildman–Crippen MR) is 211 cm³/mol. The molecule has 314 valence electrons. The number of aromatic carboxylic acids is 1. The summed E-state index contributed by atoms with van der Waals surface area (Å²) in [4.78, 5) is 28.9. The number of hydrogen-bond acceptors (Lipinski definition) is 10. The Morgan fingerprint density at radius 3 is 2.24 bits per heavy atom. The molecule has 1 unspecified atom stereocenters. The standard InChI is InChI=1S/C41H41Cl2F2N3O10S/c1-55-33-12-10-27(39(49)50)36(38(33)59(53,54)46-37(25-5-3-2-4-6-25)40(51)57-35-21-47-15-13-24(35)14-16-47)28(18-29-30(42)19-48(52)20-31(29)43)26-9-11-32(58-41(44)45)34(17-26)56-22-23-7-8-23/h2-6,9-12,17,19-20,23-24,28,35,37,41,46H,7-8,13-16,18,21-22H2,1H3,(H,49,50)/t28-,35-,37?/m0/s1. The van der Waals surface area contributed by atoms with Crippen LogP contribution in [0.25, 0.3) is 0 Å². The maximum Gasteiger partial charge on any atom is 0.387 e. The molecule has 0 radical (unpaired) electrons. The van der Waals surface area contributed by atoms with Crippen molar-refractivity contribution in [3.05, 3.63) is 116 Å². The van der Waals surface area contributed by atoms with Crippen LogP contribution in [-0.2, 0) is 26.0 Å². The van der Waals surface area contributed by atoms with Gasteiger partial charge in [0.1, 0.15) is 32.8 Å². The van der Waals surface area contributed by atoms with E-state index < -0.39 is 57.1 Å². The van der Waals surface area contributed by atoms with E-state index in [1.54, 1.807) is 30.3 Å². The summed E-state index contributed by atoms with van der Waals surface area (Å²) in [6.45, 7) is -0.772. The minimum absolute atomic E-state index is 0.107. The van der Waals surface area contributed by atoms with Crippen molar-refractivity contribution in [1.29, 1.82) is 0 Å². The van der Waals surface area contributed by atoms with Crippen LogP contribution in [-0.4, -0.2) is 76.4 Å². The highest BCUT2D eigenvalue weighted by Crippen LogP contribution is 2.45. The van der Waals surface area contributed by atoms with E-state index in [0.717, 1.165) is 57.2 Å². The summed E-state index contributed by atoms with van der Waals surface area (Å²) in [6, 6.07) is 12.8. The van der Waals surface area contributed by atoms with Gasteiger partial charge in [0, 0.05) is 18.0 Å². The molecule has 1 aliphatic carbocycles. The molecule has 4 aliphatic rings. The molecular formula is C41H41Cl2F2N3O10S. The zero-order valence-electron chi connectivity index (χ0n) is 31.7. The number of aromatic nitrogens is 1. The van der Waals surface area contributed by atoms with Gasteiger partial charge in [0.2, 0.25) is 10.0 Å². The highest BCUT2D eigenvalue weighted by molar-refractivity contribution is 7.89. The lowest BCUT2D eigenvalue weighted by Gasteiger charge is -2.44. The monoisotopic (exact) mass is 875 g/mol. The molecule has 3 saturated heterocycles. The summed E-state index contributed by atoms with van der Waals surface area (Å²) < 4.78 is 82.6. The van der Waals surface area contributed by atoms with Gasteiger partial charge in [-0.1, -0.05) is 59.6 Å². The SMILES string of the molecule is COc1ccc(C(=O)O)c([C@@H](Cc2c(Cl)c[n+]([O-])cc2Cl)c2ccc(OC(F)F)c(OCC3CC3)c2)c1S(=O)(=O)NC(C(=O)O[C@H]1CN2CCC1CC2)c1ccccc1. The van der Waals surface area contributed by atoms with Crippen molar-refractivity contribution in [2.75, 3.05) is 33.4 Å². The van der Waals surface area contributed by atoms with E-state index >= 15 is 8.42 Å². The Hall–Kier alpha value is -4.74. The van der Waals surface area contributed by atoms with E-state index in [1.165, 1.54) is 31.4 Å². The number of sulfonamides is 1. The maximum atomic E-state index is 15.1. The lowest BCUT2D eigenvalue weighted by molar-refractivity contribution is -0.605. The molecule has 2 bridgehead atoms. The summed E-state index contributed by atoms with van der Waals surface area (Å²) in [5.74, 6) is -4.11. The zero-order chi connectivity index (χ0) is 42.0. The predicted octanol–water partition coefficient (Wildman–Crippen LogP) is 6.76. The molecule has 3 aliphatic heterocycles. The van der Waals surface area contributed by atoms with Crippen LogP contribution in [0, 0.1) is 17.0 Å². The smallest absolute Gasteiger partial charge is 0.387 e. The molecule has 2 N–H and O–H groups in total. The Morgan fingerprint density at radius 2 is 1.64 bits per heavy atom. The van der Waals surface area contributed by atoms with E-state index in [4.69, 9.17) is 42.1 Å². The lowest BCUT2D eigenvalue weighted by Crippen LogP contribution is -2.52. The number of esters is 1. The first kappa shape index (κ1) is 42.4. The number of carboxylic acids is 1. The van der Waals surface area contributed by atoms with Gasteiger partial charge in [-0.3, -0.25) is 4.90 Å². The minimum atomic E-state index is -4.98. The fourth-order valence-corrected chi connectivity index (χ4v) is 10.00. The molecule has 3 aromatic carbocycles. The number of rotatable bonds is 17. The van der Waals surface area contributed by atoms with Crippen molar-refractivity contribution >= 4 is 45.2 Å². The van der Waals surface area contributed by atoms with Crippen molar-refractivity contribution in [2.45, 2.75) is 61.7 Å². The van der Waals surface area contributed by atoms with Crippen LogP contribution in [0.15, 0.2) is 78.0 Å². The first-order chi connectivity index (χ1) is 28.2. The van der Waals surface area contributed by atoms with E-state index in [-0.39, 0.29) is 74.4 Å². The largest absolute Gasteiger partial charge is 0.619 e. The van der Waals surface area contributed by atoms with Gasteiger partial charge < -0.3 is 29.3 Å². The number of ether oxygens (including phenoxy) is 4. The third-order valence-electron chi connectivity index (χ3n) is 11.0. The summed E-state index contributed by atoms with van der Waals surface area (Å²) in [5, 5.41) is 22.7. The molecular weight excluding hydrogens is 835 g/mol. The van der Waals surface area contributed by atoms with Gasteiger partial charge in [0.15, 0.2) is 23.9 Å². The number of nitrogens with one attached hydrogen (secondary N) is 1. The number of carbonyl (C=O) groups excluding carboxylic acids is 1. The summed E-state index contributed by atoms with van der Waals surface area (Å²) in [6.07, 6.45) is 4.66. The van der Waals surface area contributed by atoms with Gasteiger partial charge in [-0.2, -0.15) is 18.2 Å². The molecule has 0 spiro atoms. The molecule has 4 aromatic rings. The van der Waals surface area contributed by atoms with Gasteiger partial charge >= 0.3 is 18.6 Å². The van der Waals surface area contributed by atoms with Crippen molar-refractivity contribution in [3.63, 3.8) is 0 Å². The van der Waals surface area contributed by atoms with Crippen molar-refractivity contribution in [2.24, 2.45) is 11.8 Å². The van der Waals surface area contributed by atoms with Gasteiger partial charge in [-0.25, -0.2) is 18.0 Å². The van der Waals surface area contributed by atoms with Crippen LogP contribution in [0.2, 0.25) is 10.0 Å². The molecule has 1 saturated carbocycles. The number of halogens is 4. The fourth-order valence-electron chi connectivity index (χ4n) is 7.78. The van der Waals surface area contributed by atoms with Gasteiger partial charge in [0.25, 0.3) is 0 Å². The summed E-state index contributed by atoms with van der Waals surface area (Å²) in [7, 11) is -3.78. The normalized spacial score (nSPS) is 19.9. The average molecular weight is 877 g/mol. The molecule has 3 atom stereocenters. The van der Waals surface area contributed by atoms with Gasteiger partial charge in [-0.05, 0) is 98.0 Å². The van der Waals surface area contributed by atoms with Crippen LogP contribution in [0.5, 0.6) is 17.2 Å². The number of carboxylic acid groups (broad SMARTS) is 1. The second kappa shape index (κ2) is 17.9. The van der Waals surface area contributed by atoms with E-state index in [2.05, 4.69) is 9.62 Å². The quantitative estimate of drug-likeness (QED) is 0.0654. The average Bonchev–Trinajstić information content (AvgIpc) is 4.04. The van der Waals surface area contributed by atoms with Gasteiger partial charge in [-0.15, -0.1) is 0 Å². The number of carbonyl (C=O) groups is 2. The first-order valence-corrected chi connectivity index (χ1v) is 21.2. The molecule has 59 heavy (non-hydrogen) atoms. The topological polar surface area (TPSA) is 168 Å². The van der Waals surface area contributed by atoms with Crippen molar-refractivity contribution in [3.8, 4) is 17.2 Å². The zero-order valence-corrected chi connectivity index (χ0v) is 34.0. The Kier molecular flexibility index (Phi) is 12.8. The molecule has 4 fully saturated rings. The Balaban J connectivity index is 1.39. The van der Waals surface area contributed by atoms with Crippen LogP contribution in [0.4, 0.5) is 8.78 Å². The van der Waals surface area contributed by atoms with Crippen LogP contribution in [0.1, 0.15) is 70.3 Å². The highest BCUT2D eigenvalue weighted by Gasteiger charge is 2.41. The third kappa shape index (κ3) is 9.68. The Labute approximate surface area is 349 Å². The van der Waals surface area contributed by atoms with Gasteiger partial charge in [0.05, 0.1) is 19.3 Å². The molecule has 0 amide bonds. The minimum Gasteiger partial charge on any atom is -0.619 e. The second-order valence-corrected chi connectivity index (χ2v) is 17.3. The van der Waals surface area contributed by atoms with Crippen LogP contribution >= 0.6 is 23.2 Å². The number of methoxy groups -OCH3 is 1. The lowest BCUT2D eigenvalue weighted by atomic mass is 9.83. The fraction of sp³-hybridized carbons (Fsp3) is 0.390.